The molecule has 134 valence electrons. The van der Waals surface area contributed by atoms with Crippen LogP contribution in [0.1, 0.15) is 43.5 Å². The quantitative estimate of drug-likeness (QED) is 0.582. The van der Waals surface area contributed by atoms with E-state index in [1.54, 1.807) is 0 Å². The molecule has 0 aromatic carbocycles. The van der Waals surface area contributed by atoms with Crippen molar-refractivity contribution in [3.05, 3.63) is 23.0 Å². The van der Waals surface area contributed by atoms with Gasteiger partial charge < -0.3 is 20.8 Å². The van der Waals surface area contributed by atoms with Crippen LogP contribution in [0.4, 0.5) is 10.1 Å². The number of amides is 1. The maximum atomic E-state index is 13.8. The SMILES string of the molecule is CC(C)(O)[C@H](F)CNC(=O)c1cnc(Cl)cc1N[C@@H]1CCC[C@H]1O. The Morgan fingerprint density at radius 2 is 2.25 bits per heavy atom. The largest absolute Gasteiger partial charge is 0.391 e. The van der Waals surface area contributed by atoms with Crippen LogP contribution < -0.4 is 10.6 Å². The Labute approximate surface area is 145 Å². The average molecular weight is 360 g/mol. The molecule has 1 aliphatic carbocycles. The standard InChI is InChI=1S/C16H23ClFN3O3/c1-16(2,24)13(18)8-20-15(23)9-7-19-14(17)6-11(9)21-10-4-3-5-12(10)22/h6-7,10,12-13,22,24H,3-5,8H2,1-2H3,(H,19,21)(H,20,23)/t10-,12-,13-/m1/s1. The van der Waals surface area contributed by atoms with Crippen LogP contribution in [0.15, 0.2) is 12.3 Å². The maximum absolute atomic E-state index is 13.8. The van der Waals surface area contributed by atoms with E-state index in [9.17, 15) is 19.4 Å². The molecule has 1 saturated carbocycles. The summed E-state index contributed by atoms with van der Waals surface area (Å²) >= 11 is 5.89. The lowest BCUT2D eigenvalue weighted by atomic mass is 10.0. The first kappa shape index (κ1) is 18.9. The van der Waals surface area contributed by atoms with Gasteiger partial charge in [-0.25, -0.2) is 9.37 Å². The van der Waals surface area contributed by atoms with Crippen LogP contribution in [0.3, 0.4) is 0 Å². The van der Waals surface area contributed by atoms with Crippen molar-refractivity contribution in [1.82, 2.24) is 10.3 Å². The normalized spacial score (nSPS) is 22.2. The molecule has 1 aromatic heterocycles. The van der Waals surface area contributed by atoms with Gasteiger partial charge in [0.1, 0.15) is 11.3 Å². The van der Waals surface area contributed by atoms with E-state index in [1.807, 2.05) is 0 Å². The summed E-state index contributed by atoms with van der Waals surface area (Å²) in [6, 6.07) is 1.34. The molecule has 6 nitrogen and oxygen atoms in total. The number of nitrogens with zero attached hydrogens (tertiary/aromatic N) is 1. The number of hydrogen-bond donors (Lipinski definition) is 4. The van der Waals surface area contributed by atoms with Gasteiger partial charge in [0, 0.05) is 6.20 Å². The first-order chi connectivity index (χ1) is 11.2. The molecule has 2 rings (SSSR count). The molecule has 0 unspecified atom stereocenters. The first-order valence-electron chi connectivity index (χ1n) is 7.93. The van der Waals surface area contributed by atoms with Crippen molar-refractivity contribution in [2.75, 3.05) is 11.9 Å². The summed E-state index contributed by atoms with van der Waals surface area (Å²) in [6.07, 6.45) is 1.60. The topological polar surface area (TPSA) is 94.5 Å². The third-order valence-electron chi connectivity index (χ3n) is 4.14. The van der Waals surface area contributed by atoms with Crippen LogP contribution in [0, 0.1) is 0 Å². The lowest BCUT2D eigenvalue weighted by molar-refractivity contribution is -0.00177. The number of alkyl halides is 1. The minimum atomic E-state index is -1.60. The molecular formula is C16H23ClFN3O3. The summed E-state index contributed by atoms with van der Waals surface area (Å²) in [5.41, 5.74) is -0.890. The molecule has 8 heteroatoms. The third kappa shape index (κ3) is 4.78. The van der Waals surface area contributed by atoms with Crippen LogP contribution >= 0.6 is 11.6 Å². The van der Waals surface area contributed by atoms with Gasteiger partial charge in [0.15, 0.2) is 0 Å². The van der Waals surface area contributed by atoms with E-state index in [4.69, 9.17) is 11.6 Å². The van der Waals surface area contributed by atoms with Gasteiger partial charge in [-0.2, -0.15) is 0 Å². The van der Waals surface area contributed by atoms with Gasteiger partial charge in [0.25, 0.3) is 5.91 Å². The van der Waals surface area contributed by atoms with Gasteiger partial charge in [0.05, 0.1) is 35.5 Å². The Morgan fingerprint density at radius 3 is 2.83 bits per heavy atom. The Balaban J connectivity index is 2.09. The van der Waals surface area contributed by atoms with Crippen molar-refractivity contribution in [3.8, 4) is 0 Å². The Bertz CT molecular complexity index is 594. The summed E-state index contributed by atoms with van der Waals surface area (Å²) in [5.74, 6) is -0.527. The lowest BCUT2D eigenvalue weighted by Crippen LogP contribution is -2.42. The number of anilines is 1. The van der Waals surface area contributed by atoms with Crippen LogP contribution in [0.2, 0.25) is 5.15 Å². The molecule has 0 bridgehead atoms. The minimum absolute atomic E-state index is 0.166. The highest BCUT2D eigenvalue weighted by molar-refractivity contribution is 6.29. The molecule has 1 aromatic rings. The molecule has 24 heavy (non-hydrogen) atoms. The van der Waals surface area contributed by atoms with Crippen molar-refractivity contribution in [1.29, 1.82) is 0 Å². The van der Waals surface area contributed by atoms with Gasteiger partial charge in [-0.1, -0.05) is 11.6 Å². The lowest BCUT2D eigenvalue weighted by Gasteiger charge is -2.23. The molecular weight excluding hydrogens is 337 g/mol. The molecule has 3 atom stereocenters. The summed E-state index contributed by atoms with van der Waals surface area (Å²) in [4.78, 5) is 16.2. The minimum Gasteiger partial charge on any atom is -0.391 e. The van der Waals surface area contributed by atoms with E-state index in [0.29, 0.717) is 12.1 Å². The van der Waals surface area contributed by atoms with E-state index < -0.39 is 23.8 Å². The van der Waals surface area contributed by atoms with E-state index in [0.717, 1.165) is 12.8 Å². The van der Waals surface area contributed by atoms with Gasteiger partial charge in [-0.05, 0) is 39.2 Å². The van der Waals surface area contributed by atoms with Gasteiger partial charge >= 0.3 is 0 Å². The van der Waals surface area contributed by atoms with Crippen molar-refractivity contribution in [2.45, 2.75) is 57.0 Å². The zero-order valence-electron chi connectivity index (χ0n) is 13.7. The van der Waals surface area contributed by atoms with Crippen molar-refractivity contribution < 1.29 is 19.4 Å². The Kier molecular flexibility index (Phi) is 6.01. The predicted octanol–water partition coefficient (Wildman–Crippen LogP) is 1.90. The van der Waals surface area contributed by atoms with E-state index >= 15 is 0 Å². The van der Waals surface area contributed by atoms with Crippen LogP contribution in [0.25, 0.3) is 0 Å². The first-order valence-corrected chi connectivity index (χ1v) is 8.31. The number of hydrogen-bond acceptors (Lipinski definition) is 5. The summed E-state index contributed by atoms with van der Waals surface area (Å²) < 4.78 is 13.8. The highest BCUT2D eigenvalue weighted by Crippen LogP contribution is 2.26. The van der Waals surface area contributed by atoms with Gasteiger partial charge in [-0.15, -0.1) is 0 Å². The predicted molar refractivity (Wildman–Crippen MR) is 90.0 cm³/mol. The highest BCUT2D eigenvalue weighted by atomic mass is 35.5. The number of carbonyl (C=O) groups excluding carboxylic acids is 1. The maximum Gasteiger partial charge on any atom is 0.255 e. The highest BCUT2D eigenvalue weighted by Gasteiger charge is 2.28. The van der Waals surface area contributed by atoms with Crippen molar-refractivity contribution >= 4 is 23.2 Å². The fourth-order valence-electron chi connectivity index (χ4n) is 2.57. The van der Waals surface area contributed by atoms with E-state index in [1.165, 1.54) is 26.1 Å². The second-order valence-electron chi connectivity index (χ2n) is 6.63. The molecule has 1 heterocycles. The number of rotatable bonds is 6. The van der Waals surface area contributed by atoms with Crippen LogP contribution in [-0.4, -0.2) is 51.6 Å². The molecule has 0 aliphatic heterocycles. The molecule has 0 saturated heterocycles. The van der Waals surface area contributed by atoms with Crippen LogP contribution in [-0.2, 0) is 0 Å². The molecule has 1 fully saturated rings. The van der Waals surface area contributed by atoms with Crippen LogP contribution in [0.5, 0.6) is 0 Å². The molecule has 0 radical (unpaired) electrons. The summed E-state index contributed by atoms with van der Waals surface area (Å²) in [6.45, 7) is 2.35. The molecule has 1 amide bonds. The van der Waals surface area contributed by atoms with E-state index in [2.05, 4.69) is 15.6 Å². The van der Waals surface area contributed by atoms with Gasteiger partial charge in [-0.3, -0.25) is 4.79 Å². The monoisotopic (exact) mass is 359 g/mol. The number of pyridine rings is 1. The zero-order chi connectivity index (χ0) is 17.9. The van der Waals surface area contributed by atoms with E-state index in [-0.39, 0.29) is 23.3 Å². The summed E-state index contributed by atoms with van der Waals surface area (Å²) in [7, 11) is 0. The number of aliphatic hydroxyl groups excluding tert-OH is 1. The zero-order valence-corrected chi connectivity index (χ0v) is 14.5. The van der Waals surface area contributed by atoms with Crippen molar-refractivity contribution in [3.63, 3.8) is 0 Å². The number of carbonyl (C=O) groups is 1. The summed E-state index contributed by atoms with van der Waals surface area (Å²) in [5, 5.41) is 25.3. The molecule has 0 spiro atoms. The smallest absolute Gasteiger partial charge is 0.255 e. The fraction of sp³-hybridized carbons (Fsp3) is 0.625. The van der Waals surface area contributed by atoms with Gasteiger partial charge in [0.2, 0.25) is 0 Å². The Morgan fingerprint density at radius 1 is 1.54 bits per heavy atom. The number of aliphatic hydroxyl groups is 2. The number of nitrogens with one attached hydrogen (secondary N) is 2. The average Bonchev–Trinajstić information content (AvgIpc) is 2.89. The number of halogens is 2. The molecule has 1 aliphatic rings. The number of aromatic nitrogens is 1. The third-order valence-corrected chi connectivity index (χ3v) is 4.35. The fourth-order valence-corrected chi connectivity index (χ4v) is 2.72. The second-order valence-corrected chi connectivity index (χ2v) is 7.02. The second kappa shape index (κ2) is 7.63. The molecule has 4 N–H and O–H groups in total. The Hall–Kier alpha value is -1.44. The van der Waals surface area contributed by atoms with Crippen molar-refractivity contribution in [2.24, 2.45) is 0 Å².